The maximum atomic E-state index is 6.36. The average molecular weight is 310 g/mol. The predicted molar refractivity (Wildman–Crippen MR) is 87.6 cm³/mol. The summed E-state index contributed by atoms with van der Waals surface area (Å²) in [5, 5.41) is 2.86. The summed E-state index contributed by atoms with van der Waals surface area (Å²) in [6, 6.07) is 6.15. The molecule has 1 heterocycles. The van der Waals surface area contributed by atoms with E-state index in [2.05, 4.69) is 35.3 Å². The topological polar surface area (TPSA) is 42.1 Å². The minimum absolute atomic E-state index is 0.140. The first-order chi connectivity index (χ1) is 9.61. The minimum Gasteiger partial charge on any atom is -0.368 e. The minimum atomic E-state index is 0.140. The first-order valence-corrected chi connectivity index (χ1v) is 8.05. The largest absolute Gasteiger partial charge is 0.368 e. The van der Waals surface area contributed by atoms with Crippen LogP contribution in [0.5, 0.6) is 0 Å². The van der Waals surface area contributed by atoms with Crippen LogP contribution in [-0.4, -0.2) is 18.1 Å². The van der Waals surface area contributed by atoms with Crippen molar-refractivity contribution in [1.82, 2.24) is 4.98 Å². The molecule has 0 aliphatic rings. The third-order valence-electron chi connectivity index (χ3n) is 3.38. The van der Waals surface area contributed by atoms with Crippen molar-refractivity contribution < 1.29 is 0 Å². The van der Waals surface area contributed by atoms with Gasteiger partial charge in [0.2, 0.25) is 0 Å². The van der Waals surface area contributed by atoms with Gasteiger partial charge in [-0.1, -0.05) is 24.6 Å². The maximum absolute atomic E-state index is 6.36. The van der Waals surface area contributed by atoms with E-state index < -0.39 is 0 Å². The van der Waals surface area contributed by atoms with Crippen LogP contribution in [0.4, 0.5) is 5.69 Å². The van der Waals surface area contributed by atoms with Crippen LogP contribution in [0.1, 0.15) is 24.6 Å². The van der Waals surface area contributed by atoms with Crippen molar-refractivity contribution in [3.63, 3.8) is 0 Å². The molecule has 0 saturated heterocycles. The second kappa shape index (κ2) is 7.07. The molecule has 1 aromatic carbocycles. The van der Waals surface area contributed by atoms with Gasteiger partial charge in [0, 0.05) is 29.2 Å². The van der Waals surface area contributed by atoms with Crippen LogP contribution in [0.25, 0.3) is 0 Å². The molecule has 1 atom stereocenters. The third-order valence-corrected chi connectivity index (χ3v) is 4.37. The average Bonchev–Trinajstić information content (AvgIpc) is 2.93. The van der Waals surface area contributed by atoms with E-state index in [0.717, 1.165) is 41.4 Å². The van der Waals surface area contributed by atoms with Gasteiger partial charge in [-0.2, -0.15) is 0 Å². The first kappa shape index (κ1) is 15.3. The van der Waals surface area contributed by atoms with Gasteiger partial charge in [-0.05, 0) is 30.5 Å². The molecule has 0 radical (unpaired) electrons. The molecular formula is C15H20ClN3S. The standard InChI is InChI=1S/C15H20ClN3S/c1-3-11(17)7-13-14(16)5-4-6-15(13)19(2)8-12-9-20-10-18-12/h4-6,9-11H,3,7-8,17H2,1-2H3. The van der Waals surface area contributed by atoms with Gasteiger partial charge in [0.15, 0.2) is 0 Å². The molecule has 0 fully saturated rings. The Kier molecular flexibility index (Phi) is 5.40. The van der Waals surface area contributed by atoms with E-state index in [9.17, 15) is 0 Å². The van der Waals surface area contributed by atoms with Crippen molar-refractivity contribution in [2.75, 3.05) is 11.9 Å². The Morgan fingerprint density at radius 1 is 1.45 bits per heavy atom. The molecule has 5 heteroatoms. The molecule has 2 rings (SSSR count). The summed E-state index contributed by atoms with van der Waals surface area (Å²) in [6.45, 7) is 2.87. The molecule has 0 aliphatic heterocycles. The van der Waals surface area contributed by atoms with E-state index in [1.807, 2.05) is 17.6 Å². The molecule has 0 aliphatic carbocycles. The zero-order valence-electron chi connectivity index (χ0n) is 11.8. The smallest absolute Gasteiger partial charge is 0.0795 e. The van der Waals surface area contributed by atoms with Gasteiger partial charge in [0.05, 0.1) is 17.7 Å². The lowest BCUT2D eigenvalue weighted by Crippen LogP contribution is -2.24. The number of anilines is 1. The Morgan fingerprint density at radius 2 is 2.25 bits per heavy atom. The summed E-state index contributed by atoms with van der Waals surface area (Å²) in [4.78, 5) is 6.51. The summed E-state index contributed by atoms with van der Waals surface area (Å²) in [5.74, 6) is 0. The summed E-state index contributed by atoms with van der Waals surface area (Å²) >= 11 is 7.98. The molecule has 2 N–H and O–H groups in total. The lowest BCUT2D eigenvalue weighted by atomic mass is 10.0. The van der Waals surface area contributed by atoms with Crippen molar-refractivity contribution in [1.29, 1.82) is 0 Å². The molecule has 0 saturated carbocycles. The van der Waals surface area contributed by atoms with Crippen molar-refractivity contribution in [2.24, 2.45) is 5.73 Å². The van der Waals surface area contributed by atoms with Crippen LogP contribution in [0, 0.1) is 0 Å². The van der Waals surface area contributed by atoms with E-state index in [-0.39, 0.29) is 6.04 Å². The Bertz CT molecular complexity index is 542. The van der Waals surface area contributed by atoms with Crippen LogP contribution < -0.4 is 10.6 Å². The van der Waals surface area contributed by atoms with E-state index in [4.69, 9.17) is 17.3 Å². The molecule has 0 amide bonds. The Hall–Kier alpha value is -1.10. The van der Waals surface area contributed by atoms with Crippen LogP contribution in [-0.2, 0) is 13.0 Å². The molecule has 0 spiro atoms. The summed E-state index contributed by atoms with van der Waals surface area (Å²) in [5.41, 5.74) is 11.3. The van der Waals surface area contributed by atoms with Gasteiger partial charge in [-0.25, -0.2) is 4.98 Å². The van der Waals surface area contributed by atoms with Crippen LogP contribution in [0.2, 0.25) is 5.02 Å². The lowest BCUT2D eigenvalue weighted by Gasteiger charge is -2.23. The van der Waals surface area contributed by atoms with Gasteiger partial charge in [-0.15, -0.1) is 11.3 Å². The van der Waals surface area contributed by atoms with E-state index in [0.29, 0.717) is 0 Å². The number of hydrogen-bond donors (Lipinski definition) is 1. The molecule has 1 unspecified atom stereocenters. The highest BCUT2D eigenvalue weighted by molar-refractivity contribution is 7.07. The van der Waals surface area contributed by atoms with Crippen molar-refractivity contribution >= 4 is 28.6 Å². The highest BCUT2D eigenvalue weighted by atomic mass is 35.5. The number of nitrogens with two attached hydrogens (primary N) is 1. The number of thiazole rings is 1. The Labute approximate surface area is 129 Å². The number of nitrogens with zero attached hydrogens (tertiary/aromatic N) is 2. The van der Waals surface area contributed by atoms with Gasteiger partial charge < -0.3 is 10.6 Å². The van der Waals surface area contributed by atoms with E-state index in [1.54, 1.807) is 11.3 Å². The van der Waals surface area contributed by atoms with Crippen LogP contribution >= 0.6 is 22.9 Å². The molecule has 2 aromatic rings. The van der Waals surface area contributed by atoms with Gasteiger partial charge in [0.1, 0.15) is 0 Å². The molecule has 20 heavy (non-hydrogen) atoms. The zero-order chi connectivity index (χ0) is 14.5. The van der Waals surface area contributed by atoms with Crippen LogP contribution in [0.15, 0.2) is 29.1 Å². The van der Waals surface area contributed by atoms with Crippen molar-refractivity contribution in [2.45, 2.75) is 32.4 Å². The lowest BCUT2D eigenvalue weighted by molar-refractivity contribution is 0.645. The second-order valence-corrected chi connectivity index (χ2v) is 6.07. The monoisotopic (exact) mass is 309 g/mol. The summed E-state index contributed by atoms with van der Waals surface area (Å²) < 4.78 is 0. The predicted octanol–water partition coefficient (Wildman–Crippen LogP) is 3.71. The number of benzene rings is 1. The number of aromatic nitrogens is 1. The fourth-order valence-electron chi connectivity index (χ4n) is 2.16. The maximum Gasteiger partial charge on any atom is 0.0795 e. The van der Waals surface area contributed by atoms with Gasteiger partial charge >= 0.3 is 0 Å². The van der Waals surface area contributed by atoms with Gasteiger partial charge in [-0.3, -0.25) is 0 Å². The Morgan fingerprint density at radius 3 is 2.90 bits per heavy atom. The molecular weight excluding hydrogens is 290 g/mol. The van der Waals surface area contributed by atoms with Gasteiger partial charge in [0.25, 0.3) is 0 Å². The summed E-state index contributed by atoms with van der Waals surface area (Å²) in [7, 11) is 2.06. The molecule has 0 bridgehead atoms. The first-order valence-electron chi connectivity index (χ1n) is 6.73. The van der Waals surface area contributed by atoms with Crippen LogP contribution in [0.3, 0.4) is 0 Å². The van der Waals surface area contributed by atoms with Crippen molar-refractivity contribution in [3.8, 4) is 0 Å². The fourth-order valence-corrected chi connectivity index (χ4v) is 2.95. The molecule has 3 nitrogen and oxygen atoms in total. The highest BCUT2D eigenvalue weighted by Crippen LogP contribution is 2.29. The number of halogens is 1. The van der Waals surface area contributed by atoms with E-state index in [1.165, 1.54) is 0 Å². The Balaban J connectivity index is 2.23. The fraction of sp³-hybridized carbons (Fsp3) is 0.400. The number of hydrogen-bond acceptors (Lipinski definition) is 4. The SMILES string of the molecule is CCC(N)Cc1c(Cl)cccc1N(C)Cc1cscn1. The van der Waals surface area contributed by atoms with Crippen molar-refractivity contribution in [3.05, 3.63) is 45.4 Å². The highest BCUT2D eigenvalue weighted by Gasteiger charge is 2.14. The zero-order valence-corrected chi connectivity index (χ0v) is 13.4. The quantitative estimate of drug-likeness (QED) is 0.884. The molecule has 1 aromatic heterocycles. The van der Waals surface area contributed by atoms with E-state index >= 15 is 0 Å². The third kappa shape index (κ3) is 3.72. The normalized spacial score (nSPS) is 12.4. The molecule has 108 valence electrons. The summed E-state index contributed by atoms with van der Waals surface area (Å²) in [6.07, 6.45) is 1.74. The number of rotatable bonds is 6. The second-order valence-electron chi connectivity index (χ2n) is 4.95.